The maximum atomic E-state index is 14.3. The summed E-state index contributed by atoms with van der Waals surface area (Å²) in [6.07, 6.45) is 4.55. The summed E-state index contributed by atoms with van der Waals surface area (Å²) in [6.45, 7) is 12.9. The van der Waals surface area contributed by atoms with E-state index in [0.29, 0.717) is 17.3 Å². The van der Waals surface area contributed by atoms with Gasteiger partial charge in [-0.25, -0.2) is 9.37 Å². The van der Waals surface area contributed by atoms with Crippen LogP contribution in [0.5, 0.6) is 11.5 Å². The molecule has 7 aromatic rings. The molecule has 7 rings (SSSR count). The Balaban J connectivity index is 0.00000401. The third-order valence-electron chi connectivity index (χ3n) is 8.87. The standard InChI is InChI=1S/C41H37FN4O.Pd/c1-7-8-11-30-20-32(46-29(6)41(28(5)44-46)40-26(3)18-25(2)19-27(40)4)23-34(21-30)47-33-14-15-36-35-12-9-10-13-37(35)45(38(36)24-33)39-22-31(42)16-17-43-39;/h9-10,12-22H,7-8,11H2,1-6H3;/q-2;+2. The van der Waals surface area contributed by atoms with E-state index in [1.54, 1.807) is 0 Å². The quantitative estimate of drug-likeness (QED) is 0.116. The van der Waals surface area contributed by atoms with E-state index < -0.39 is 0 Å². The summed E-state index contributed by atoms with van der Waals surface area (Å²) < 4.78 is 24.8. The number of pyridine rings is 1. The molecule has 5 nitrogen and oxygen atoms in total. The molecule has 0 aliphatic heterocycles. The number of rotatable bonds is 8. The predicted molar refractivity (Wildman–Crippen MR) is 188 cm³/mol. The number of benzene rings is 4. The van der Waals surface area contributed by atoms with Gasteiger partial charge in [-0.15, -0.1) is 35.7 Å². The van der Waals surface area contributed by atoms with Gasteiger partial charge in [0, 0.05) is 40.5 Å². The summed E-state index contributed by atoms with van der Waals surface area (Å²) in [7, 11) is 0. The van der Waals surface area contributed by atoms with Crippen LogP contribution in [0.2, 0.25) is 0 Å². The summed E-state index contributed by atoms with van der Waals surface area (Å²) in [5.74, 6) is 1.26. The zero-order valence-corrected chi connectivity index (χ0v) is 29.6. The van der Waals surface area contributed by atoms with Crippen LogP contribution in [0.25, 0.3) is 44.4 Å². The number of aryl methyl sites for hydroxylation is 5. The molecule has 0 radical (unpaired) electrons. The molecular weight excluding hydrogens is 690 g/mol. The Labute approximate surface area is 295 Å². The van der Waals surface area contributed by atoms with Gasteiger partial charge in [0.1, 0.15) is 11.6 Å². The van der Waals surface area contributed by atoms with Crippen molar-refractivity contribution in [2.24, 2.45) is 0 Å². The molecule has 0 aliphatic carbocycles. The molecule has 0 N–H and O–H groups in total. The van der Waals surface area contributed by atoms with Gasteiger partial charge in [0.2, 0.25) is 0 Å². The van der Waals surface area contributed by atoms with Crippen LogP contribution in [0.1, 0.15) is 53.4 Å². The number of unbranched alkanes of at least 4 members (excludes halogenated alkanes) is 1. The topological polar surface area (TPSA) is 44.9 Å². The first-order valence-corrected chi connectivity index (χ1v) is 16.2. The molecule has 7 heteroatoms. The molecule has 244 valence electrons. The van der Waals surface area contributed by atoms with E-state index in [2.05, 4.69) is 89.0 Å². The third kappa shape index (κ3) is 6.09. The number of hydrogen-bond donors (Lipinski definition) is 0. The van der Waals surface area contributed by atoms with E-state index in [1.165, 1.54) is 40.6 Å². The van der Waals surface area contributed by atoms with Crippen molar-refractivity contribution in [3.63, 3.8) is 0 Å². The van der Waals surface area contributed by atoms with E-state index >= 15 is 0 Å². The Morgan fingerprint density at radius 1 is 0.812 bits per heavy atom. The van der Waals surface area contributed by atoms with E-state index in [-0.39, 0.29) is 26.2 Å². The molecule has 0 saturated heterocycles. The Bertz CT molecular complexity index is 2280. The molecule has 48 heavy (non-hydrogen) atoms. The van der Waals surface area contributed by atoms with Crippen molar-refractivity contribution in [1.29, 1.82) is 0 Å². The number of ether oxygens (including phenoxy) is 1. The Morgan fingerprint density at radius 2 is 1.58 bits per heavy atom. The molecule has 3 heterocycles. The molecule has 4 aromatic carbocycles. The Hall–Kier alpha value is -4.57. The van der Waals surface area contributed by atoms with Gasteiger partial charge in [-0.3, -0.25) is 4.68 Å². The van der Waals surface area contributed by atoms with E-state index in [4.69, 9.17) is 9.84 Å². The van der Waals surface area contributed by atoms with Crippen molar-refractivity contribution in [1.82, 2.24) is 19.3 Å². The first-order valence-electron chi connectivity index (χ1n) is 16.2. The number of fused-ring (bicyclic) bond motifs is 3. The normalized spacial score (nSPS) is 11.3. The van der Waals surface area contributed by atoms with Crippen molar-refractivity contribution in [3.05, 3.63) is 131 Å². The first kappa shape index (κ1) is 33.3. The molecule has 0 bridgehead atoms. The molecule has 0 saturated carbocycles. The van der Waals surface area contributed by atoms with Gasteiger partial charge in [-0.2, -0.15) is 16.7 Å². The second-order valence-corrected chi connectivity index (χ2v) is 12.4. The molecule has 0 spiro atoms. The average molecular weight is 727 g/mol. The van der Waals surface area contributed by atoms with Crippen LogP contribution in [0.3, 0.4) is 0 Å². The zero-order valence-electron chi connectivity index (χ0n) is 28.0. The summed E-state index contributed by atoms with van der Waals surface area (Å²) in [6, 6.07) is 30.5. The fourth-order valence-corrected chi connectivity index (χ4v) is 6.90. The maximum Gasteiger partial charge on any atom is 2.00 e. The van der Waals surface area contributed by atoms with E-state index in [0.717, 1.165) is 69.3 Å². The minimum atomic E-state index is -0.348. The summed E-state index contributed by atoms with van der Waals surface area (Å²) in [5, 5.41) is 7.05. The number of nitrogens with zero attached hydrogens (tertiary/aromatic N) is 4. The number of para-hydroxylation sites is 1. The van der Waals surface area contributed by atoms with Crippen LogP contribution < -0.4 is 4.74 Å². The molecule has 0 aliphatic rings. The zero-order chi connectivity index (χ0) is 32.8. The van der Waals surface area contributed by atoms with Crippen molar-refractivity contribution < 1.29 is 29.6 Å². The number of halogens is 1. The van der Waals surface area contributed by atoms with Gasteiger partial charge >= 0.3 is 20.4 Å². The molecule has 0 amide bonds. The maximum absolute atomic E-state index is 14.3. The fourth-order valence-electron chi connectivity index (χ4n) is 6.90. The monoisotopic (exact) mass is 726 g/mol. The second-order valence-electron chi connectivity index (χ2n) is 12.4. The van der Waals surface area contributed by atoms with E-state index in [1.807, 2.05) is 39.6 Å². The second kappa shape index (κ2) is 13.5. The predicted octanol–water partition coefficient (Wildman–Crippen LogP) is 10.4. The fraction of sp³-hybridized carbons (Fsp3) is 0.220. The molecule has 0 unspecified atom stereocenters. The number of aromatic nitrogens is 4. The van der Waals surface area contributed by atoms with Crippen LogP contribution in [0.4, 0.5) is 4.39 Å². The molecule has 3 aromatic heterocycles. The largest absolute Gasteiger partial charge is 2.00 e. The van der Waals surface area contributed by atoms with Gasteiger partial charge in [-0.1, -0.05) is 67.6 Å². The Morgan fingerprint density at radius 3 is 2.33 bits per heavy atom. The van der Waals surface area contributed by atoms with Gasteiger partial charge in [0.05, 0.1) is 5.69 Å². The van der Waals surface area contributed by atoms with Gasteiger partial charge in [0.25, 0.3) is 0 Å². The smallest absolute Gasteiger partial charge is 0.509 e. The minimum absolute atomic E-state index is 0. The van der Waals surface area contributed by atoms with Crippen LogP contribution in [0, 0.1) is 52.6 Å². The van der Waals surface area contributed by atoms with Crippen molar-refractivity contribution in [2.45, 2.75) is 60.8 Å². The van der Waals surface area contributed by atoms with E-state index in [9.17, 15) is 4.39 Å². The Kier molecular flexibility index (Phi) is 9.38. The molecular formula is C41H37FN4OPd. The first-order chi connectivity index (χ1) is 22.7. The molecule has 0 atom stereocenters. The van der Waals surface area contributed by atoms with Gasteiger partial charge in [-0.05, 0) is 74.5 Å². The summed E-state index contributed by atoms with van der Waals surface area (Å²) in [5.41, 5.74) is 11.9. The van der Waals surface area contributed by atoms with Crippen molar-refractivity contribution in [3.8, 4) is 34.1 Å². The summed E-state index contributed by atoms with van der Waals surface area (Å²) >= 11 is 0. The van der Waals surface area contributed by atoms with Crippen LogP contribution >= 0.6 is 0 Å². The van der Waals surface area contributed by atoms with Crippen molar-refractivity contribution >= 4 is 21.8 Å². The average Bonchev–Trinajstić information content (AvgIpc) is 3.52. The number of hydrogen-bond acceptors (Lipinski definition) is 3. The van der Waals surface area contributed by atoms with Crippen LogP contribution in [-0.4, -0.2) is 19.3 Å². The van der Waals surface area contributed by atoms with Crippen LogP contribution in [0.15, 0.2) is 79.0 Å². The van der Waals surface area contributed by atoms with Crippen molar-refractivity contribution in [2.75, 3.05) is 0 Å². The third-order valence-corrected chi connectivity index (χ3v) is 8.87. The minimum Gasteiger partial charge on any atom is -0.509 e. The summed E-state index contributed by atoms with van der Waals surface area (Å²) in [4.78, 5) is 4.48. The van der Waals surface area contributed by atoms with Gasteiger partial charge in [0.15, 0.2) is 0 Å². The molecule has 0 fully saturated rings. The van der Waals surface area contributed by atoms with Crippen LogP contribution in [-0.2, 0) is 26.8 Å². The van der Waals surface area contributed by atoms with Gasteiger partial charge < -0.3 is 9.30 Å². The SMILES string of the molecule is CCCCc1cc(Oc2[c-]c3c(cc2)c2ccccc2n3-c2cc(F)ccn2)[c-]c(-n2nc(C)c(-c3c(C)cc(C)cc3C)c2C)c1.[Pd+2].